The van der Waals surface area contributed by atoms with Crippen LogP contribution in [-0.2, 0) is 0 Å². The lowest BCUT2D eigenvalue weighted by Gasteiger charge is -2.34. The first kappa shape index (κ1) is 19.1. The number of ether oxygens (including phenoxy) is 2. The van der Waals surface area contributed by atoms with Crippen molar-refractivity contribution < 1.29 is 18.7 Å². The van der Waals surface area contributed by atoms with Crippen molar-refractivity contribution in [1.82, 2.24) is 14.9 Å². The topological polar surface area (TPSA) is 107 Å². The fourth-order valence-corrected chi connectivity index (χ4v) is 3.44. The van der Waals surface area contributed by atoms with Crippen molar-refractivity contribution in [1.29, 1.82) is 0 Å². The number of carbonyl (C=O) groups excluding carboxylic acids is 1. The third-order valence-electron chi connectivity index (χ3n) is 4.85. The highest BCUT2D eigenvalue weighted by atomic mass is 35.5. The van der Waals surface area contributed by atoms with E-state index in [2.05, 4.69) is 9.97 Å². The molecule has 1 amide bonds. The number of hydrogen-bond acceptors (Lipinski definition) is 8. The molecule has 0 bridgehead atoms. The Balaban J connectivity index is 1.54. The van der Waals surface area contributed by atoms with Gasteiger partial charge in [0, 0.05) is 43.7 Å². The van der Waals surface area contributed by atoms with Gasteiger partial charge in [0.1, 0.15) is 12.1 Å². The zero-order valence-corrected chi connectivity index (χ0v) is 16.8. The Hall–Kier alpha value is -3.20. The number of nitrogens with two attached hydrogens (primary N) is 1. The number of benzene rings is 1. The SMILES string of the molecule is COc1cc2nc(N3CCN(C(=O)c4cc(Cl)co4)CC3)nc(N)c2cc1OC. The van der Waals surface area contributed by atoms with Crippen molar-refractivity contribution in [3.05, 3.63) is 35.2 Å². The minimum Gasteiger partial charge on any atom is -0.493 e. The summed E-state index contributed by atoms with van der Waals surface area (Å²) in [7, 11) is 3.13. The fourth-order valence-electron chi connectivity index (χ4n) is 3.30. The third kappa shape index (κ3) is 3.61. The van der Waals surface area contributed by atoms with Gasteiger partial charge in [0.2, 0.25) is 5.95 Å². The first-order chi connectivity index (χ1) is 14.0. The molecule has 0 radical (unpaired) electrons. The molecule has 152 valence electrons. The zero-order valence-electron chi connectivity index (χ0n) is 16.0. The lowest BCUT2D eigenvalue weighted by atomic mass is 10.2. The van der Waals surface area contributed by atoms with Crippen molar-refractivity contribution in [2.45, 2.75) is 0 Å². The Morgan fingerprint density at radius 2 is 1.79 bits per heavy atom. The highest BCUT2D eigenvalue weighted by molar-refractivity contribution is 6.30. The first-order valence-corrected chi connectivity index (χ1v) is 9.35. The number of piperazine rings is 1. The molecule has 29 heavy (non-hydrogen) atoms. The number of aromatic nitrogens is 2. The van der Waals surface area contributed by atoms with E-state index < -0.39 is 0 Å². The Bertz CT molecular complexity index is 1060. The summed E-state index contributed by atoms with van der Waals surface area (Å²) in [4.78, 5) is 25.3. The molecule has 10 heteroatoms. The zero-order chi connectivity index (χ0) is 20.5. The van der Waals surface area contributed by atoms with Crippen LogP contribution in [0.2, 0.25) is 5.02 Å². The Morgan fingerprint density at radius 1 is 1.10 bits per heavy atom. The maximum atomic E-state index is 12.5. The second-order valence-corrected chi connectivity index (χ2v) is 6.98. The molecule has 4 rings (SSSR count). The smallest absolute Gasteiger partial charge is 0.289 e. The Kier molecular flexibility index (Phi) is 5.06. The summed E-state index contributed by atoms with van der Waals surface area (Å²) in [5.41, 5.74) is 6.83. The van der Waals surface area contributed by atoms with E-state index in [4.69, 9.17) is 31.2 Å². The molecular formula is C19H20ClN5O4. The second-order valence-electron chi connectivity index (χ2n) is 6.54. The van der Waals surface area contributed by atoms with Crippen LogP contribution in [0.5, 0.6) is 11.5 Å². The van der Waals surface area contributed by atoms with Crippen LogP contribution in [0.1, 0.15) is 10.6 Å². The standard InChI is InChI=1S/C19H20ClN5O4/c1-27-14-8-12-13(9-15(14)28-2)22-19(23-17(12)21)25-5-3-24(4-6-25)18(26)16-7-11(20)10-29-16/h7-10H,3-6H2,1-2H3,(H2,21,22,23). The van der Waals surface area contributed by atoms with Gasteiger partial charge in [-0.3, -0.25) is 4.79 Å². The van der Waals surface area contributed by atoms with Crippen molar-refractivity contribution >= 4 is 40.2 Å². The van der Waals surface area contributed by atoms with Crippen molar-refractivity contribution in [2.75, 3.05) is 51.0 Å². The third-order valence-corrected chi connectivity index (χ3v) is 5.04. The molecule has 3 heterocycles. The van der Waals surface area contributed by atoms with E-state index in [1.807, 2.05) is 4.90 Å². The number of fused-ring (bicyclic) bond motifs is 1. The normalized spacial score (nSPS) is 14.3. The average molecular weight is 418 g/mol. The number of hydrogen-bond donors (Lipinski definition) is 1. The van der Waals surface area contributed by atoms with Crippen LogP contribution < -0.4 is 20.1 Å². The van der Waals surface area contributed by atoms with Gasteiger partial charge in [-0.2, -0.15) is 4.98 Å². The number of halogens is 1. The van der Waals surface area contributed by atoms with Gasteiger partial charge >= 0.3 is 0 Å². The Labute approximate surface area is 172 Å². The molecule has 1 aromatic carbocycles. The largest absolute Gasteiger partial charge is 0.493 e. The molecule has 0 unspecified atom stereocenters. The summed E-state index contributed by atoms with van der Waals surface area (Å²) in [6.07, 6.45) is 1.35. The van der Waals surface area contributed by atoms with Gasteiger partial charge < -0.3 is 29.4 Å². The predicted octanol–water partition coefficient (Wildman–Crippen LogP) is 2.44. The van der Waals surface area contributed by atoms with Crippen LogP contribution in [0.4, 0.5) is 11.8 Å². The number of nitrogens with zero attached hydrogens (tertiary/aromatic N) is 4. The van der Waals surface area contributed by atoms with Gasteiger partial charge in [-0.25, -0.2) is 4.98 Å². The summed E-state index contributed by atoms with van der Waals surface area (Å²) in [6.45, 7) is 2.14. The maximum Gasteiger partial charge on any atom is 0.289 e. The molecule has 1 fully saturated rings. The molecule has 3 aromatic rings. The van der Waals surface area contributed by atoms with E-state index in [-0.39, 0.29) is 11.7 Å². The highest BCUT2D eigenvalue weighted by Crippen LogP contribution is 2.34. The average Bonchev–Trinajstić information content (AvgIpc) is 3.18. The van der Waals surface area contributed by atoms with E-state index in [1.165, 1.54) is 12.3 Å². The van der Waals surface area contributed by atoms with Crippen LogP contribution >= 0.6 is 11.6 Å². The highest BCUT2D eigenvalue weighted by Gasteiger charge is 2.26. The maximum absolute atomic E-state index is 12.5. The van der Waals surface area contributed by atoms with E-state index >= 15 is 0 Å². The minimum atomic E-state index is -0.188. The number of nitrogen functional groups attached to an aromatic ring is 1. The van der Waals surface area contributed by atoms with Gasteiger partial charge in [0.05, 0.1) is 24.8 Å². The van der Waals surface area contributed by atoms with Gasteiger partial charge in [-0.1, -0.05) is 11.6 Å². The second kappa shape index (κ2) is 7.67. The molecule has 2 N–H and O–H groups in total. The monoisotopic (exact) mass is 417 g/mol. The fraction of sp³-hybridized carbons (Fsp3) is 0.316. The van der Waals surface area contributed by atoms with Gasteiger partial charge in [0.15, 0.2) is 17.3 Å². The van der Waals surface area contributed by atoms with Crippen molar-refractivity contribution in [3.8, 4) is 11.5 Å². The van der Waals surface area contributed by atoms with E-state index in [0.29, 0.717) is 65.4 Å². The molecule has 1 aliphatic rings. The molecule has 2 aromatic heterocycles. The van der Waals surface area contributed by atoms with Crippen LogP contribution in [0, 0.1) is 0 Å². The summed E-state index contributed by atoms with van der Waals surface area (Å²) < 4.78 is 15.9. The van der Waals surface area contributed by atoms with Crippen molar-refractivity contribution in [2.24, 2.45) is 0 Å². The summed E-state index contributed by atoms with van der Waals surface area (Å²) in [5, 5.41) is 1.09. The molecule has 1 aliphatic heterocycles. The van der Waals surface area contributed by atoms with Gasteiger partial charge in [-0.05, 0) is 6.07 Å². The summed E-state index contributed by atoms with van der Waals surface area (Å²) in [6, 6.07) is 5.06. The van der Waals surface area contributed by atoms with E-state index in [9.17, 15) is 4.79 Å². The van der Waals surface area contributed by atoms with E-state index in [0.717, 1.165) is 0 Å². The van der Waals surface area contributed by atoms with Crippen LogP contribution in [0.3, 0.4) is 0 Å². The molecule has 0 atom stereocenters. The molecule has 9 nitrogen and oxygen atoms in total. The summed E-state index contributed by atoms with van der Waals surface area (Å²) >= 11 is 5.83. The molecule has 1 saturated heterocycles. The number of furan rings is 1. The molecule has 0 saturated carbocycles. The number of anilines is 2. The Morgan fingerprint density at radius 3 is 2.41 bits per heavy atom. The van der Waals surface area contributed by atoms with Crippen LogP contribution in [-0.4, -0.2) is 61.2 Å². The summed E-state index contributed by atoms with van der Waals surface area (Å²) in [5.74, 6) is 2.04. The number of carbonyl (C=O) groups is 1. The number of amides is 1. The lowest BCUT2D eigenvalue weighted by molar-refractivity contribution is 0.0714. The van der Waals surface area contributed by atoms with Gasteiger partial charge in [0.25, 0.3) is 5.91 Å². The molecule has 0 aliphatic carbocycles. The predicted molar refractivity (Wildman–Crippen MR) is 109 cm³/mol. The van der Waals surface area contributed by atoms with Crippen LogP contribution in [0.25, 0.3) is 10.9 Å². The van der Waals surface area contributed by atoms with Gasteiger partial charge in [-0.15, -0.1) is 0 Å². The van der Waals surface area contributed by atoms with Crippen molar-refractivity contribution in [3.63, 3.8) is 0 Å². The number of rotatable bonds is 4. The molecular weight excluding hydrogens is 398 g/mol. The number of methoxy groups -OCH3 is 2. The lowest BCUT2D eigenvalue weighted by Crippen LogP contribution is -2.49. The van der Waals surface area contributed by atoms with Crippen LogP contribution in [0.15, 0.2) is 28.9 Å². The minimum absolute atomic E-state index is 0.188. The molecule has 0 spiro atoms. The first-order valence-electron chi connectivity index (χ1n) is 8.97. The quantitative estimate of drug-likeness (QED) is 0.689. The van der Waals surface area contributed by atoms with E-state index in [1.54, 1.807) is 31.3 Å².